The van der Waals surface area contributed by atoms with Crippen LogP contribution in [-0.4, -0.2) is 39.2 Å². The minimum atomic E-state index is -0.194. The highest BCUT2D eigenvalue weighted by atomic mass is 16.5. The number of carbonyl (C=O) groups excluding carboxylic acids is 2. The van der Waals surface area contributed by atoms with Crippen molar-refractivity contribution in [1.29, 1.82) is 0 Å². The molecular weight excluding hydrogens is 484 g/mol. The third-order valence-electron chi connectivity index (χ3n) is 5.92. The summed E-state index contributed by atoms with van der Waals surface area (Å²) in [6, 6.07) is 11.2. The van der Waals surface area contributed by atoms with Crippen molar-refractivity contribution in [2.75, 3.05) is 27.4 Å². The number of hydrogen-bond donors (Lipinski definition) is 2. The molecule has 8 nitrogen and oxygen atoms in total. The summed E-state index contributed by atoms with van der Waals surface area (Å²) in [5.41, 5.74) is 1.78. The largest absolute Gasteiger partial charge is 0.493 e. The molecule has 2 aromatic rings. The number of hydrogen-bond acceptors (Lipinski definition) is 6. The lowest BCUT2D eigenvalue weighted by molar-refractivity contribution is -0.126. The van der Waals surface area contributed by atoms with Gasteiger partial charge in [0.1, 0.15) is 0 Å². The van der Waals surface area contributed by atoms with Crippen molar-refractivity contribution in [1.82, 2.24) is 10.6 Å². The van der Waals surface area contributed by atoms with E-state index in [2.05, 4.69) is 38.3 Å². The predicted octanol–water partition coefficient (Wildman–Crippen LogP) is 5.27. The molecule has 0 aliphatic heterocycles. The summed E-state index contributed by atoms with van der Waals surface area (Å²) in [7, 11) is 3.19. The van der Waals surface area contributed by atoms with Crippen LogP contribution in [0, 0.1) is 11.8 Å². The average molecular weight is 529 g/mol. The van der Waals surface area contributed by atoms with E-state index in [-0.39, 0.29) is 24.7 Å². The Kier molecular flexibility index (Phi) is 13.3. The summed E-state index contributed by atoms with van der Waals surface area (Å²) in [4.78, 5) is 24.6. The molecule has 0 bridgehead atoms. The van der Waals surface area contributed by atoms with Crippen LogP contribution in [-0.2, 0) is 22.7 Å². The Morgan fingerprint density at radius 3 is 1.39 bits per heavy atom. The molecule has 0 saturated heterocycles. The van der Waals surface area contributed by atoms with Gasteiger partial charge in [0.05, 0.1) is 27.4 Å². The van der Waals surface area contributed by atoms with Crippen LogP contribution in [0.15, 0.2) is 36.4 Å². The van der Waals surface area contributed by atoms with Crippen LogP contribution in [0.25, 0.3) is 0 Å². The van der Waals surface area contributed by atoms with Crippen LogP contribution in [0.4, 0.5) is 0 Å². The second-order valence-electron chi connectivity index (χ2n) is 10.1. The summed E-state index contributed by atoms with van der Waals surface area (Å²) in [5, 5.41) is 5.71. The average Bonchev–Trinajstić information content (AvgIpc) is 2.89. The van der Waals surface area contributed by atoms with E-state index in [1.165, 1.54) is 0 Å². The maximum absolute atomic E-state index is 12.3. The van der Waals surface area contributed by atoms with Gasteiger partial charge in [-0.05, 0) is 60.1 Å². The molecule has 0 aliphatic rings. The summed E-state index contributed by atoms with van der Waals surface area (Å²) >= 11 is 0. The molecule has 2 rings (SSSR count). The molecule has 2 amide bonds. The quantitative estimate of drug-likeness (QED) is 0.291. The highest BCUT2D eigenvalue weighted by Gasteiger charge is 2.11. The molecule has 0 spiro atoms. The molecule has 2 aromatic carbocycles. The monoisotopic (exact) mass is 528 g/mol. The van der Waals surface area contributed by atoms with Gasteiger partial charge in [0.2, 0.25) is 11.8 Å². The molecule has 0 atom stereocenters. The number of rotatable bonds is 17. The Labute approximate surface area is 227 Å². The van der Waals surface area contributed by atoms with Crippen LogP contribution in [0.1, 0.15) is 64.5 Å². The first-order valence-corrected chi connectivity index (χ1v) is 13.3. The SMILES string of the molecule is COc1cc(CNC(=O)CCC(=O)NCc2ccc(OCCC(C)C)c(OC)c2)ccc1OCCC(C)C. The van der Waals surface area contributed by atoms with E-state index in [1.54, 1.807) is 14.2 Å². The van der Waals surface area contributed by atoms with Crippen molar-refractivity contribution in [3.8, 4) is 23.0 Å². The second-order valence-corrected chi connectivity index (χ2v) is 10.1. The number of amides is 2. The van der Waals surface area contributed by atoms with Gasteiger partial charge in [-0.25, -0.2) is 0 Å². The summed E-state index contributed by atoms with van der Waals surface area (Å²) in [5.74, 6) is 3.37. The van der Waals surface area contributed by atoms with E-state index in [1.807, 2.05) is 36.4 Å². The smallest absolute Gasteiger partial charge is 0.220 e. The predicted molar refractivity (Wildman–Crippen MR) is 149 cm³/mol. The van der Waals surface area contributed by atoms with E-state index in [0.717, 1.165) is 24.0 Å². The lowest BCUT2D eigenvalue weighted by Crippen LogP contribution is -2.27. The minimum absolute atomic E-state index is 0.102. The minimum Gasteiger partial charge on any atom is -0.493 e. The summed E-state index contributed by atoms with van der Waals surface area (Å²) in [6.45, 7) is 10.5. The maximum atomic E-state index is 12.3. The molecule has 0 aromatic heterocycles. The van der Waals surface area contributed by atoms with Crippen LogP contribution in [0.5, 0.6) is 23.0 Å². The Bertz CT molecular complexity index is 940. The van der Waals surface area contributed by atoms with Crippen LogP contribution in [0.2, 0.25) is 0 Å². The number of benzene rings is 2. The van der Waals surface area contributed by atoms with E-state index in [9.17, 15) is 9.59 Å². The molecular formula is C30H44N2O6. The number of nitrogens with one attached hydrogen (secondary N) is 2. The molecule has 0 radical (unpaired) electrons. The first-order valence-electron chi connectivity index (χ1n) is 13.3. The van der Waals surface area contributed by atoms with E-state index < -0.39 is 0 Å². The van der Waals surface area contributed by atoms with Gasteiger partial charge in [-0.1, -0.05) is 39.8 Å². The topological polar surface area (TPSA) is 95.1 Å². The number of methoxy groups -OCH3 is 2. The number of ether oxygens (including phenoxy) is 4. The zero-order chi connectivity index (χ0) is 27.9. The van der Waals surface area contributed by atoms with Crippen molar-refractivity contribution >= 4 is 11.8 Å². The third-order valence-corrected chi connectivity index (χ3v) is 5.92. The van der Waals surface area contributed by atoms with E-state index >= 15 is 0 Å². The Hall–Kier alpha value is -3.42. The van der Waals surface area contributed by atoms with Gasteiger partial charge in [-0.15, -0.1) is 0 Å². The van der Waals surface area contributed by atoms with Crippen LogP contribution in [0.3, 0.4) is 0 Å². The van der Waals surface area contributed by atoms with E-state index in [0.29, 0.717) is 61.1 Å². The van der Waals surface area contributed by atoms with Gasteiger partial charge in [-0.2, -0.15) is 0 Å². The first-order chi connectivity index (χ1) is 18.2. The zero-order valence-corrected chi connectivity index (χ0v) is 23.7. The Balaban J connectivity index is 1.74. The first kappa shape index (κ1) is 30.8. The Morgan fingerprint density at radius 2 is 1.05 bits per heavy atom. The van der Waals surface area contributed by atoms with Gasteiger partial charge in [0, 0.05) is 25.9 Å². The van der Waals surface area contributed by atoms with Crippen LogP contribution >= 0.6 is 0 Å². The molecule has 0 aliphatic carbocycles. The van der Waals surface area contributed by atoms with Gasteiger partial charge in [0.25, 0.3) is 0 Å². The normalized spacial score (nSPS) is 10.8. The van der Waals surface area contributed by atoms with E-state index in [4.69, 9.17) is 18.9 Å². The maximum Gasteiger partial charge on any atom is 0.220 e. The van der Waals surface area contributed by atoms with Crippen LogP contribution < -0.4 is 29.6 Å². The molecule has 0 fully saturated rings. The van der Waals surface area contributed by atoms with Gasteiger partial charge < -0.3 is 29.6 Å². The van der Waals surface area contributed by atoms with Crippen molar-refractivity contribution in [2.45, 2.75) is 66.5 Å². The van der Waals surface area contributed by atoms with Gasteiger partial charge in [-0.3, -0.25) is 9.59 Å². The Morgan fingerprint density at radius 1 is 0.658 bits per heavy atom. The lowest BCUT2D eigenvalue weighted by Gasteiger charge is -2.14. The van der Waals surface area contributed by atoms with Crippen molar-refractivity contribution in [2.24, 2.45) is 11.8 Å². The highest BCUT2D eigenvalue weighted by molar-refractivity contribution is 5.83. The van der Waals surface area contributed by atoms with Crippen molar-refractivity contribution in [3.05, 3.63) is 47.5 Å². The fourth-order valence-electron chi connectivity index (χ4n) is 3.50. The van der Waals surface area contributed by atoms with Crippen molar-refractivity contribution < 1.29 is 28.5 Å². The molecule has 38 heavy (non-hydrogen) atoms. The van der Waals surface area contributed by atoms with Gasteiger partial charge >= 0.3 is 0 Å². The fraction of sp³-hybridized carbons (Fsp3) is 0.533. The molecule has 0 saturated carbocycles. The molecule has 210 valence electrons. The lowest BCUT2D eigenvalue weighted by atomic mass is 10.1. The molecule has 8 heteroatoms. The zero-order valence-electron chi connectivity index (χ0n) is 23.7. The summed E-state index contributed by atoms with van der Waals surface area (Å²) in [6.07, 6.45) is 2.13. The second kappa shape index (κ2) is 16.4. The van der Waals surface area contributed by atoms with Crippen molar-refractivity contribution in [3.63, 3.8) is 0 Å². The molecule has 0 unspecified atom stereocenters. The third kappa shape index (κ3) is 11.3. The standard InChI is InChI=1S/C30H44N2O6/c1-21(2)13-15-37-25-9-7-23(17-27(25)35-5)19-31-29(33)11-12-30(34)32-20-24-8-10-26(28(18-24)36-6)38-16-14-22(3)4/h7-10,17-18,21-22H,11-16,19-20H2,1-6H3,(H,31,33)(H,32,34). The van der Waals surface area contributed by atoms with Gasteiger partial charge in [0.15, 0.2) is 23.0 Å². The molecule has 0 heterocycles. The number of carbonyl (C=O) groups is 2. The highest BCUT2D eigenvalue weighted by Crippen LogP contribution is 2.29. The summed E-state index contributed by atoms with van der Waals surface area (Å²) < 4.78 is 22.5. The fourth-order valence-corrected chi connectivity index (χ4v) is 3.50. The molecule has 2 N–H and O–H groups in total.